The van der Waals surface area contributed by atoms with E-state index in [1.165, 1.54) is 6.07 Å². The summed E-state index contributed by atoms with van der Waals surface area (Å²) >= 11 is 0. The smallest absolute Gasteiger partial charge is 0.166 e. The third-order valence-electron chi connectivity index (χ3n) is 2.18. The molecule has 1 aliphatic carbocycles. The summed E-state index contributed by atoms with van der Waals surface area (Å²) in [5.74, 6) is 0.460. The van der Waals surface area contributed by atoms with Crippen LogP contribution in [0.15, 0.2) is 18.2 Å². The number of hydrogen-bond donors (Lipinski definition) is 0. The highest BCUT2D eigenvalue weighted by Gasteiger charge is 2.31. The van der Waals surface area contributed by atoms with Gasteiger partial charge in [-0.05, 0) is 42.5 Å². The highest BCUT2D eigenvalue weighted by atomic mass is 19.4. The van der Waals surface area contributed by atoms with Crippen molar-refractivity contribution in [1.82, 2.24) is 0 Å². The van der Waals surface area contributed by atoms with Crippen LogP contribution in [-0.4, -0.2) is 0 Å². The molecule has 0 aromatic heterocycles. The molecule has 0 bridgehead atoms. The van der Waals surface area contributed by atoms with Crippen LogP contribution >= 0.6 is 0 Å². The van der Waals surface area contributed by atoms with Gasteiger partial charge in [-0.1, -0.05) is 6.07 Å². The van der Waals surface area contributed by atoms with Gasteiger partial charge in [-0.2, -0.15) is 13.2 Å². The third-order valence-corrected chi connectivity index (χ3v) is 2.18. The molecule has 0 saturated heterocycles. The minimum absolute atomic E-state index is 0.460. The van der Waals surface area contributed by atoms with E-state index in [1.807, 2.05) is 0 Å². The molecule has 0 aliphatic heterocycles. The zero-order valence-corrected chi connectivity index (χ0v) is 6.86. The Kier molecular flexibility index (Phi) is 1.82. The van der Waals surface area contributed by atoms with Crippen molar-refractivity contribution < 1.29 is 13.2 Å². The van der Waals surface area contributed by atoms with Gasteiger partial charge in [0.2, 0.25) is 0 Å². The van der Waals surface area contributed by atoms with Crippen LogP contribution in [0, 0.1) is 6.07 Å². The molecule has 0 amide bonds. The van der Waals surface area contributed by atoms with Crippen molar-refractivity contribution in [2.75, 3.05) is 0 Å². The molecule has 1 saturated carbocycles. The molecule has 0 unspecified atom stereocenters. The fourth-order valence-electron chi connectivity index (χ4n) is 1.26. The van der Waals surface area contributed by atoms with E-state index in [2.05, 4.69) is 6.07 Å². The van der Waals surface area contributed by atoms with Gasteiger partial charge in [0.1, 0.15) is 0 Å². The minimum Gasteiger partial charge on any atom is -0.166 e. The summed E-state index contributed by atoms with van der Waals surface area (Å²) in [6.07, 6.45) is -2.07. The monoisotopic (exact) mass is 185 g/mol. The van der Waals surface area contributed by atoms with Crippen LogP contribution in [0.4, 0.5) is 13.2 Å². The average molecular weight is 185 g/mol. The Hall–Kier alpha value is -0.990. The van der Waals surface area contributed by atoms with Crippen LogP contribution in [-0.2, 0) is 6.18 Å². The topological polar surface area (TPSA) is 0 Å². The highest BCUT2D eigenvalue weighted by Crippen LogP contribution is 2.40. The number of halogens is 3. The van der Waals surface area contributed by atoms with Crippen LogP contribution < -0.4 is 0 Å². The Morgan fingerprint density at radius 3 is 2.31 bits per heavy atom. The first-order valence-corrected chi connectivity index (χ1v) is 4.16. The van der Waals surface area contributed by atoms with Gasteiger partial charge in [-0.3, -0.25) is 0 Å². The van der Waals surface area contributed by atoms with E-state index in [4.69, 9.17) is 0 Å². The highest BCUT2D eigenvalue weighted by molar-refractivity contribution is 5.28. The maximum absolute atomic E-state index is 12.1. The molecule has 0 N–H and O–H groups in total. The van der Waals surface area contributed by atoms with Crippen molar-refractivity contribution in [3.63, 3.8) is 0 Å². The average Bonchev–Trinajstić information content (AvgIpc) is 2.85. The molecule has 3 heteroatoms. The molecular weight excluding hydrogens is 177 g/mol. The zero-order valence-electron chi connectivity index (χ0n) is 6.86. The summed E-state index contributed by atoms with van der Waals surface area (Å²) in [5.41, 5.74) is 0.296. The standard InChI is InChI=1S/C10H8F3/c11-10(12,13)9-5-3-8(4-6-9)7-1-2-7/h3,5-7H,1-2H2. The Labute approximate surface area is 74.4 Å². The lowest BCUT2D eigenvalue weighted by atomic mass is 10.1. The fraction of sp³-hybridized carbons (Fsp3) is 0.400. The minimum atomic E-state index is -4.24. The molecule has 2 rings (SSSR count). The van der Waals surface area contributed by atoms with Crippen molar-refractivity contribution in [2.24, 2.45) is 0 Å². The summed E-state index contributed by atoms with van der Waals surface area (Å²) in [6.45, 7) is 0. The SMILES string of the molecule is FC(F)(F)c1c[c]c(C2CC2)cc1. The molecule has 0 atom stereocenters. The van der Waals surface area contributed by atoms with Crippen LogP contribution in [0.1, 0.15) is 29.9 Å². The number of benzene rings is 1. The Morgan fingerprint density at radius 1 is 1.23 bits per heavy atom. The lowest BCUT2D eigenvalue weighted by Gasteiger charge is -2.06. The van der Waals surface area contributed by atoms with Crippen LogP contribution in [0.3, 0.4) is 0 Å². The lowest BCUT2D eigenvalue weighted by Crippen LogP contribution is -2.04. The second-order valence-corrected chi connectivity index (χ2v) is 3.30. The number of rotatable bonds is 1. The molecule has 0 spiro atoms. The Morgan fingerprint density at radius 2 is 1.92 bits per heavy atom. The van der Waals surface area contributed by atoms with Crippen LogP contribution in [0.25, 0.3) is 0 Å². The fourth-order valence-corrected chi connectivity index (χ4v) is 1.26. The summed E-state index contributed by atoms with van der Waals surface area (Å²) < 4.78 is 36.3. The first-order chi connectivity index (χ1) is 6.07. The van der Waals surface area contributed by atoms with Gasteiger partial charge in [-0.25, -0.2) is 0 Å². The predicted molar refractivity (Wildman–Crippen MR) is 42.3 cm³/mol. The van der Waals surface area contributed by atoms with Gasteiger partial charge in [0, 0.05) is 0 Å². The second-order valence-electron chi connectivity index (χ2n) is 3.30. The van der Waals surface area contributed by atoms with E-state index in [0.717, 1.165) is 30.5 Å². The lowest BCUT2D eigenvalue weighted by molar-refractivity contribution is -0.137. The quantitative estimate of drug-likeness (QED) is 0.629. The maximum atomic E-state index is 12.1. The predicted octanol–water partition coefficient (Wildman–Crippen LogP) is 3.38. The summed E-state index contributed by atoms with van der Waals surface area (Å²) in [7, 11) is 0. The van der Waals surface area contributed by atoms with E-state index < -0.39 is 11.7 Å². The first kappa shape index (κ1) is 8.60. The summed E-state index contributed by atoms with van der Waals surface area (Å²) in [4.78, 5) is 0. The van der Waals surface area contributed by atoms with Gasteiger partial charge >= 0.3 is 6.18 Å². The van der Waals surface area contributed by atoms with Crippen molar-refractivity contribution in [3.05, 3.63) is 35.4 Å². The molecule has 69 valence electrons. The molecular formula is C10H8F3. The van der Waals surface area contributed by atoms with Crippen molar-refractivity contribution in [1.29, 1.82) is 0 Å². The zero-order chi connectivity index (χ0) is 9.47. The largest absolute Gasteiger partial charge is 0.416 e. The van der Waals surface area contributed by atoms with Crippen LogP contribution in [0.5, 0.6) is 0 Å². The first-order valence-electron chi connectivity index (χ1n) is 4.16. The summed E-state index contributed by atoms with van der Waals surface area (Å²) in [6, 6.07) is 6.38. The van der Waals surface area contributed by atoms with E-state index in [0.29, 0.717) is 5.92 Å². The molecule has 0 heterocycles. The van der Waals surface area contributed by atoms with Crippen molar-refractivity contribution in [2.45, 2.75) is 24.9 Å². The van der Waals surface area contributed by atoms with E-state index in [-0.39, 0.29) is 0 Å². The van der Waals surface area contributed by atoms with Gasteiger partial charge in [-0.15, -0.1) is 0 Å². The van der Waals surface area contributed by atoms with Crippen molar-refractivity contribution >= 4 is 0 Å². The number of alkyl halides is 3. The summed E-state index contributed by atoms with van der Waals surface area (Å²) in [5, 5.41) is 0. The molecule has 1 aromatic carbocycles. The van der Waals surface area contributed by atoms with Gasteiger partial charge in [0.05, 0.1) is 5.56 Å². The molecule has 1 fully saturated rings. The Bertz CT molecular complexity index is 293. The van der Waals surface area contributed by atoms with E-state index in [1.54, 1.807) is 0 Å². The molecule has 0 nitrogen and oxygen atoms in total. The van der Waals surface area contributed by atoms with E-state index in [9.17, 15) is 13.2 Å². The van der Waals surface area contributed by atoms with Gasteiger partial charge in [0.25, 0.3) is 0 Å². The molecule has 1 aliphatic rings. The molecule has 1 radical (unpaired) electrons. The van der Waals surface area contributed by atoms with Crippen molar-refractivity contribution in [3.8, 4) is 0 Å². The maximum Gasteiger partial charge on any atom is 0.416 e. The molecule has 1 aromatic rings. The van der Waals surface area contributed by atoms with Gasteiger partial charge < -0.3 is 0 Å². The van der Waals surface area contributed by atoms with Crippen LogP contribution in [0.2, 0.25) is 0 Å². The van der Waals surface area contributed by atoms with E-state index >= 15 is 0 Å². The number of hydrogen-bond acceptors (Lipinski definition) is 0. The third kappa shape index (κ3) is 1.85. The second kappa shape index (κ2) is 2.76. The Balaban J connectivity index is 2.22. The molecule has 13 heavy (non-hydrogen) atoms. The van der Waals surface area contributed by atoms with Gasteiger partial charge in [0.15, 0.2) is 0 Å². The normalized spacial score (nSPS) is 17.5.